The zero-order chi connectivity index (χ0) is 59.2. The van der Waals surface area contributed by atoms with E-state index in [1.54, 1.807) is 0 Å². The molecule has 0 heteroatoms. The van der Waals surface area contributed by atoms with Crippen LogP contribution in [0.2, 0.25) is 0 Å². The third-order valence-corrected chi connectivity index (χ3v) is 3.66. The van der Waals surface area contributed by atoms with Gasteiger partial charge in [-0.2, -0.15) is 0 Å². The number of hydrogen-bond donors (Lipinski definition) is 0. The first-order chi connectivity index (χ1) is 32.4. The molecule has 420 valence electrons. The molecule has 0 aliphatic rings. The van der Waals surface area contributed by atoms with Crippen LogP contribution in [0.25, 0.3) is 10.8 Å². The van der Waals surface area contributed by atoms with Crippen LogP contribution in [0.5, 0.6) is 0 Å². The molecule has 0 aliphatic heterocycles. The molecule has 71 heavy (non-hydrogen) atoms. The Labute approximate surface area is 454 Å². The van der Waals surface area contributed by atoms with Gasteiger partial charge in [0, 0.05) is 0 Å². The highest BCUT2D eigenvalue weighted by Crippen LogP contribution is 2.12. The Kier molecular flexibility index (Phi) is 87.3. The molecule has 0 amide bonds. The summed E-state index contributed by atoms with van der Waals surface area (Å²) >= 11 is 0. The molecular weight excluding hydrogens is 853 g/mol. The first-order valence-corrected chi connectivity index (χ1v) is 27.8. The van der Waals surface area contributed by atoms with Crippen molar-refractivity contribution in [3.63, 3.8) is 0 Å². The molecule has 0 aromatic heterocycles. The number of fused-ring (bicyclic) bond motifs is 1. The third-order valence-electron chi connectivity index (χ3n) is 3.66. The van der Waals surface area contributed by atoms with Crippen LogP contribution in [-0.4, -0.2) is 0 Å². The quantitative estimate of drug-likeness (QED) is 0.145. The lowest BCUT2D eigenvalue weighted by atomic mass is 10.0. The average molecular weight is 990 g/mol. The van der Waals surface area contributed by atoms with Gasteiger partial charge in [-0.15, -0.1) is 0 Å². The largest absolute Gasteiger partial charge is 0.0683 e. The minimum atomic E-state index is 0.500. The lowest BCUT2D eigenvalue weighted by Gasteiger charge is -2.05. The number of rotatable bonds is 0. The highest BCUT2D eigenvalue weighted by atomic mass is 14.0. The van der Waals surface area contributed by atoms with E-state index in [0.717, 1.165) is 0 Å². The molecular formula is C71H136. The van der Waals surface area contributed by atoms with Gasteiger partial charge in [0.15, 0.2) is 0 Å². The van der Waals surface area contributed by atoms with Crippen molar-refractivity contribution in [2.75, 3.05) is 0 Å². The second-order valence-corrected chi connectivity index (χ2v) is 24.5. The summed E-state index contributed by atoms with van der Waals surface area (Å²) in [5.74, 6) is 0. The Hall–Kier alpha value is -3.64. The second kappa shape index (κ2) is 66.4. The average Bonchev–Trinajstić information content (AvgIpc) is 3.27. The van der Waals surface area contributed by atoms with E-state index in [-0.39, 0.29) is 0 Å². The lowest BCUT2D eigenvalue weighted by Crippen LogP contribution is -1.93. The summed E-state index contributed by atoms with van der Waals surface area (Å²) < 4.78 is 0. The molecule has 0 aliphatic carbocycles. The normalized spacial score (nSPS) is 9.18. The lowest BCUT2D eigenvalue weighted by molar-refractivity contribution is 0.469. The van der Waals surface area contributed by atoms with Crippen molar-refractivity contribution >= 4 is 10.8 Å². The van der Waals surface area contributed by atoms with Gasteiger partial charge in [0.05, 0.1) is 0 Å². The molecule has 5 aromatic carbocycles. The van der Waals surface area contributed by atoms with E-state index in [1.165, 1.54) is 17.2 Å². The fourth-order valence-electron chi connectivity index (χ4n) is 2.29. The van der Waals surface area contributed by atoms with Gasteiger partial charge >= 0.3 is 0 Å². The molecule has 0 atom stereocenters. The Morgan fingerprint density at radius 3 is 0.296 bits per heavy atom. The van der Waals surface area contributed by atoms with E-state index in [2.05, 4.69) is 229 Å². The highest BCUT2D eigenvalue weighted by Gasteiger charge is 1.98. The summed E-state index contributed by atoms with van der Waals surface area (Å²) in [6, 6.07) is 52.7. The van der Waals surface area contributed by atoms with Crippen molar-refractivity contribution < 1.29 is 0 Å². The van der Waals surface area contributed by atoms with Crippen molar-refractivity contribution in [3.8, 4) is 0 Å². The minimum Gasteiger partial charge on any atom is -0.0683 e. The van der Waals surface area contributed by atoms with E-state index in [4.69, 9.17) is 0 Å². The second-order valence-electron chi connectivity index (χ2n) is 24.5. The van der Waals surface area contributed by atoms with Crippen LogP contribution in [0.15, 0.2) is 158 Å². The van der Waals surface area contributed by atoms with Crippen LogP contribution in [0.4, 0.5) is 0 Å². The Bertz CT molecular complexity index is 1140. The van der Waals surface area contributed by atoms with E-state index in [9.17, 15) is 0 Å². The van der Waals surface area contributed by atoms with Crippen LogP contribution in [0.3, 0.4) is 0 Å². The first-order valence-electron chi connectivity index (χ1n) is 27.8. The van der Waals surface area contributed by atoms with E-state index in [1.807, 2.05) is 178 Å². The Balaban J connectivity index is -0.0000000615. The molecule has 0 fully saturated rings. The van der Waals surface area contributed by atoms with Crippen molar-refractivity contribution in [1.82, 2.24) is 0 Å². The topological polar surface area (TPSA) is 0 Å². The summed E-state index contributed by atoms with van der Waals surface area (Å²) in [6.45, 7) is 76.8. The van der Waals surface area contributed by atoms with Crippen LogP contribution >= 0.6 is 0 Å². The smallest absolute Gasteiger partial charge is 0.0184 e. The fraction of sp³-hybridized carbons (Fsp3) is 0.606. The van der Waals surface area contributed by atoms with Gasteiger partial charge in [-0.05, 0) is 43.3 Å². The van der Waals surface area contributed by atoms with Gasteiger partial charge in [0.1, 0.15) is 0 Å². The van der Waals surface area contributed by atoms with Crippen molar-refractivity contribution in [3.05, 3.63) is 158 Å². The molecule has 0 heterocycles. The molecule has 5 rings (SSSR count). The number of benzene rings is 5. The van der Waals surface area contributed by atoms with Crippen molar-refractivity contribution in [1.29, 1.82) is 0 Å². The zero-order valence-electron chi connectivity index (χ0n) is 55.7. The predicted molar refractivity (Wildman–Crippen MR) is 347 cm³/mol. The van der Waals surface area contributed by atoms with Gasteiger partial charge in [-0.25, -0.2) is 0 Å². The van der Waals surface area contributed by atoms with E-state index in [0.29, 0.717) is 32.5 Å². The fourth-order valence-corrected chi connectivity index (χ4v) is 2.29. The van der Waals surface area contributed by atoms with Crippen LogP contribution in [0.1, 0.15) is 256 Å². The highest BCUT2D eigenvalue weighted by molar-refractivity contribution is 5.82. The summed E-state index contributed by atoms with van der Waals surface area (Å²) in [6.07, 6.45) is 1.25. The van der Waals surface area contributed by atoms with Crippen molar-refractivity contribution in [2.45, 2.75) is 256 Å². The Morgan fingerprint density at radius 1 is 0.183 bits per heavy atom. The molecule has 0 unspecified atom stereocenters. The first kappa shape index (κ1) is 93.4. The molecule has 0 radical (unpaired) electrons. The van der Waals surface area contributed by atoms with Gasteiger partial charge in [-0.1, -0.05) is 413 Å². The van der Waals surface area contributed by atoms with Gasteiger partial charge < -0.3 is 0 Å². The summed E-state index contributed by atoms with van der Waals surface area (Å²) in [4.78, 5) is 0. The number of hydrogen-bond acceptors (Lipinski definition) is 0. The Morgan fingerprint density at radius 2 is 0.239 bits per heavy atom. The summed E-state index contributed by atoms with van der Waals surface area (Å²) in [5, 5.41) is 2.62. The van der Waals surface area contributed by atoms with Gasteiger partial charge in [0.2, 0.25) is 0 Å². The monoisotopic (exact) mass is 989 g/mol. The van der Waals surface area contributed by atoms with E-state index < -0.39 is 0 Å². The van der Waals surface area contributed by atoms with Crippen LogP contribution < -0.4 is 0 Å². The molecule has 0 N–H and O–H groups in total. The minimum absolute atomic E-state index is 0.500. The maximum Gasteiger partial charge on any atom is -0.0184 e. The van der Waals surface area contributed by atoms with Gasteiger partial charge in [0.25, 0.3) is 0 Å². The maximum absolute atomic E-state index is 2.19. The third kappa shape index (κ3) is 262. The standard InChI is InChI=1S/C10H8.3C6H6.6C5H12.C3H8.5C2H6/c1-2-6-10-8-4-3-7-9(10)5-1;3*1-2-4-6-5-3-1;6*1-5(2,3)4;1-3-2;5*1-2/h1-8H;3*1-6H;6*1-4H3;3H2,1-2H3;5*1-2H3. The summed E-state index contributed by atoms with van der Waals surface area (Å²) in [7, 11) is 0. The van der Waals surface area contributed by atoms with Gasteiger partial charge in [-0.3, -0.25) is 0 Å². The van der Waals surface area contributed by atoms with Crippen LogP contribution in [-0.2, 0) is 0 Å². The molecule has 0 nitrogen and oxygen atoms in total. The SMILES string of the molecule is CC.CC.CC.CC.CC.CC(C)(C)C.CC(C)(C)C.CC(C)(C)C.CC(C)(C)C.CC(C)(C)C.CC(C)(C)C.CCC.c1ccc2ccccc2c1.c1ccccc1.c1ccccc1.c1ccccc1. The molecule has 0 saturated heterocycles. The molecule has 5 aromatic rings. The molecule has 0 saturated carbocycles. The maximum atomic E-state index is 2.19. The predicted octanol–water partition coefficient (Wildman–Crippen LogP) is 26.8. The molecule has 0 spiro atoms. The summed E-state index contributed by atoms with van der Waals surface area (Å²) in [5.41, 5.74) is 3.00. The van der Waals surface area contributed by atoms with Crippen molar-refractivity contribution in [2.24, 2.45) is 32.5 Å². The molecule has 0 bridgehead atoms. The van der Waals surface area contributed by atoms with Crippen LogP contribution in [0, 0.1) is 32.5 Å². The zero-order valence-corrected chi connectivity index (χ0v) is 55.7. The van der Waals surface area contributed by atoms with E-state index >= 15 is 0 Å².